The summed E-state index contributed by atoms with van der Waals surface area (Å²) in [5, 5.41) is 0. The van der Waals surface area contributed by atoms with Gasteiger partial charge in [0.05, 0.1) is 21.4 Å². The third-order valence-corrected chi connectivity index (χ3v) is 3.88. The predicted molar refractivity (Wildman–Crippen MR) is 114 cm³/mol. The standard InChI is InChI=1S/C15H19F3O5S.C4H10.2CH3.K.2O.Ti/c1-10(2)3-4-11-5-7-12(8-6-11)14(19)23-13(15(16,17)18)9-24(20,21)22;1-4(2)3;;;;;;/h5-8,10,13H,3-4,9H2,1-2H3,(H,20,21,22);4H,1-3H3;2*1H3;;;;/q;;2*-1;+1;;;/p-1. The first-order chi connectivity index (χ1) is 14.0. The van der Waals surface area contributed by atoms with Crippen LogP contribution in [0.4, 0.5) is 13.2 Å². The number of hydrogen-bond donors (Lipinski definition) is 0. The molecule has 0 radical (unpaired) electrons. The van der Waals surface area contributed by atoms with Crippen LogP contribution in [0.2, 0.25) is 0 Å². The molecule has 0 saturated heterocycles. The molecule has 13 heteroatoms. The minimum atomic E-state index is -5.20. The molecule has 0 spiro atoms. The summed E-state index contributed by atoms with van der Waals surface area (Å²) >= 11 is -2.00. The molecule has 34 heavy (non-hydrogen) atoms. The van der Waals surface area contributed by atoms with Gasteiger partial charge in [0.1, 0.15) is 0 Å². The number of carbonyl (C=O) groups excluding carboxylic acids is 1. The summed E-state index contributed by atoms with van der Waals surface area (Å²) in [5.41, 5.74) is 0.760. The van der Waals surface area contributed by atoms with Crippen LogP contribution in [0.1, 0.15) is 57.0 Å². The van der Waals surface area contributed by atoms with Crippen LogP contribution in [0.25, 0.3) is 0 Å². The average molecular weight is 575 g/mol. The molecule has 0 aliphatic carbocycles. The van der Waals surface area contributed by atoms with Gasteiger partial charge in [0.25, 0.3) is 0 Å². The van der Waals surface area contributed by atoms with E-state index in [0.29, 0.717) is 5.92 Å². The van der Waals surface area contributed by atoms with Gasteiger partial charge in [-0.1, -0.05) is 46.8 Å². The summed E-state index contributed by atoms with van der Waals surface area (Å²) in [6, 6.07) is 5.78. The van der Waals surface area contributed by atoms with Crippen molar-refractivity contribution in [3.63, 3.8) is 0 Å². The van der Waals surface area contributed by atoms with Gasteiger partial charge in [0.2, 0.25) is 6.10 Å². The quantitative estimate of drug-likeness (QED) is 0.212. The van der Waals surface area contributed by atoms with E-state index in [9.17, 15) is 30.9 Å². The van der Waals surface area contributed by atoms with Crippen LogP contribution in [0.5, 0.6) is 0 Å². The third-order valence-electron chi connectivity index (χ3n) is 3.17. The maximum absolute atomic E-state index is 12.7. The molecule has 0 heterocycles. The molecule has 1 atom stereocenters. The zero-order valence-electron chi connectivity index (χ0n) is 21.1. The van der Waals surface area contributed by atoms with Crippen LogP contribution < -0.4 is 51.4 Å². The van der Waals surface area contributed by atoms with Crippen molar-refractivity contribution < 1.29 is 113 Å². The van der Waals surface area contributed by atoms with E-state index in [1.807, 2.05) is 13.8 Å². The topological polar surface area (TPSA) is 118 Å². The number of benzene rings is 1. The van der Waals surface area contributed by atoms with Crippen molar-refractivity contribution in [3.8, 4) is 0 Å². The Hall–Kier alpha value is 0.341. The van der Waals surface area contributed by atoms with Crippen LogP contribution in [0.15, 0.2) is 24.3 Å². The first-order valence-corrected chi connectivity index (χ1v) is 12.2. The van der Waals surface area contributed by atoms with E-state index in [4.69, 9.17) is 6.65 Å². The fourth-order valence-electron chi connectivity index (χ4n) is 1.84. The number of rotatable bonds is 7. The molecule has 1 aromatic carbocycles. The van der Waals surface area contributed by atoms with Crippen molar-refractivity contribution in [1.82, 2.24) is 0 Å². The van der Waals surface area contributed by atoms with Gasteiger partial charge in [0, 0.05) is 0 Å². The monoisotopic (exact) mass is 574 g/mol. The number of halogens is 3. The molecule has 0 amide bonds. The van der Waals surface area contributed by atoms with E-state index in [1.165, 1.54) is 12.1 Å². The SMILES string of the molecule is CC(C)C.CC(C)CCc1ccc(C(=O)OC(CS(=O)(=O)[O-])C(F)(F)F)cc1.[CH3-].[CH3-].[K+].[O]=[Ti]=[O]. The Kier molecular flexibility index (Phi) is 29.4. The van der Waals surface area contributed by atoms with E-state index in [0.717, 1.165) is 24.3 Å². The zero-order valence-corrected chi connectivity index (χ0v) is 26.6. The number of esters is 1. The van der Waals surface area contributed by atoms with Gasteiger partial charge in [-0.25, -0.2) is 13.2 Å². The summed E-state index contributed by atoms with van der Waals surface area (Å²) in [6.07, 6.45) is -6.47. The Balaban J connectivity index is -0.000000248. The van der Waals surface area contributed by atoms with E-state index in [1.54, 1.807) is 12.1 Å². The second kappa shape index (κ2) is 22.5. The van der Waals surface area contributed by atoms with Crippen LogP contribution in [-0.2, 0) is 47.0 Å². The number of hydrogen-bond acceptors (Lipinski definition) is 7. The first kappa shape index (κ1) is 44.3. The summed E-state index contributed by atoms with van der Waals surface area (Å²) in [6.45, 7) is 10.6. The molecule has 7 nitrogen and oxygen atoms in total. The Morgan fingerprint density at radius 3 is 1.71 bits per heavy atom. The molecule has 0 aromatic heterocycles. The minimum absolute atomic E-state index is 0. The number of alkyl halides is 3. The van der Waals surface area contributed by atoms with Gasteiger partial charge in [0.15, 0.2) is 0 Å². The molecular weight excluding hydrogens is 540 g/mol. The Morgan fingerprint density at radius 2 is 1.41 bits per heavy atom. The van der Waals surface area contributed by atoms with E-state index in [2.05, 4.69) is 25.5 Å². The number of ether oxygens (including phenoxy) is 1. The summed E-state index contributed by atoms with van der Waals surface area (Å²) in [7, 11) is -5.20. The zero-order chi connectivity index (χ0) is 24.8. The average Bonchev–Trinajstić information content (AvgIpc) is 2.58. The molecule has 0 aliphatic rings. The third kappa shape index (κ3) is 26.9. The van der Waals surface area contributed by atoms with Crippen LogP contribution in [0, 0.1) is 26.7 Å². The second-order valence-electron chi connectivity index (χ2n) is 7.60. The number of aryl methyl sites for hydroxylation is 1. The molecule has 1 rings (SSSR count). The van der Waals surface area contributed by atoms with Crippen LogP contribution in [0.3, 0.4) is 0 Å². The Labute approximate surface area is 253 Å². The van der Waals surface area contributed by atoms with E-state index < -0.39 is 53.2 Å². The summed E-state index contributed by atoms with van der Waals surface area (Å²) < 4.78 is 90.8. The van der Waals surface area contributed by atoms with Crippen molar-refractivity contribution in [3.05, 3.63) is 50.2 Å². The van der Waals surface area contributed by atoms with Crippen molar-refractivity contribution >= 4 is 16.1 Å². The molecule has 0 saturated carbocycles. The second-order valence-corrected chi connectivity index (χ2v) is 9.31. The predicted octanol–water partition coefficient (Wildman–Crippen LogP) is 2.23. The molecular formula is C21H34F3KO7STi-2. The van der Waals surface area contributed by atoms with Crippen molar-refractivity contribution in [2.24, 2.45) is 11.8 Å². The van der Waals surface area contributed by atoms with Crippen LogP contribution >= 0.6 is 0 Å². The molecule has 194 valence electrons. The van der Waals surface area contributed by atoms with Crippen molar-refractivity contribution in [2.75, 3.05) is 5.75 Å². The van der Waals surface area contributed by atoms with Gasteiger partial charge in [-0.05, 0) is 42.4 Å². The van der Waals surface area contributed by atoms with Gasteiger partial charge in [-0.15, -0.1) is 0 Å². The van der Waals surface area contributed by atoms with Crippen molar-refractivity contribution in [1.29, 1.82) is 0 Å². The molecule has 0 bridgehead atoms. The Bertz CT molecular complexity index is 791. The molecule has 0 fully saturated rings. The molecule has 0 N–H and O–H groups in total. The maximum atomic E-state index is 12.7. The summed E-state index contributed by atoms with van der Waals surface area (Å²) in [4.78, 5) is 11.7. The summed E-state index contributed by atoms with van der Waals surface area (Å²) in [5.74, 6) is -1.87. The first-order valence-electron chi connectivity index (χ1n) is 9.32. The molecule has 1 unspecified atom stereocenters. The normalized spacial score (nSPS) is 11.0. The van der Waals surface area contributed by atoms with E-state index >= 15 is 0 Å². The van der Waals surface area contributed by atoms with Gasteiger partial charge < -0.3 is 24.1 Å². The Morgan fingerprint density at radius 1 is 1.03 bits per heavy atom. The van der Waals surface area contributed by atoms with Gasteiger partial charge in [-0.2, -0.15) is 13.2 Å². The fourth-order valence-corrected chi connectivity index (χ4v) is 2.47. The van der Waals surface area contributed by atoms with Gasteiger partial charge in [-0.3, -0.25) is 0 Å². The van der Waals surface area contributed by atoms with E-state index in [-0.39, 0.29) is 71.8 Å². The van der Waals surface area contributed by atoms with Crippen LogP contribution in [-0.4, -0.2) is 37.0 Å². The number of carbonyl (C=O) groups is 1. The molecule has 1 aromatic rings. The van der Waals surface area contributed by atoms with Crippen molar-refractivity contribution in [2.45, 2.75) is 59.7 Å². The molecule has 0 aliphatic heterocycles. The van der Waals surface area contributed by atoms with Gasteiger partial charge >= 0.3 is 89.3 Å². The fraction of sp³-hybridized carbons (Fsp3) is 0.571.